The predicted molar refractivity (Wildman–Crippen MR) is 103 cm³/mol. The minimum Gasteiger partial charge on any atom is -0.493 e. The third kappa shape index (κ3) is 3.17. The second kappa shape index (κ2) is 7.18. The zero-order valence-electron chi connectivity index (χ0n) is 15.7. The molecule has 0 aromatic heterocycles. The zero-order valence-corrected chi connectivity index (χ0v) is 16.5. The molecule has 2 bridgehead atoms. The van der Waals surface area contributed by atoms with E-state index < -0.39 is 12.1 Å². The Morgan fingerprint density at radius 1 is 1.28 bits per heavy atom. The van der Waals surface area contributed by atoms with Crippen LogP contribution < -0.4 is 9.47 Å². The van der Waals surface area contributed by atoms with E-state index in [-0.39, 0.29) is 52.0 Å². The maximum atomic E-state index is 12.7. The van der Waals surface area contributed by atoms with Gasteiger partial charge in [0.1, 0.15) is 0 Å². The Labute approximate surface area is 171 Å². The molecule has 0 spiro atoms. The summed E-state index contributed by atoms with van der Waals surface area (Å²) in [5, 5.41) is 14.2. The van der Waals surface area contributed by atoms with Crippen molar-refractivity contribution < 1.29 is 29.0 Å². The van der Waals surface area contributed by atoms with E-state index in [1.165, 1.54) is 32.4 Å². The van der Waals surface area contributed by atoms with Gasteiger partial charge in [-0.3, -0.25) is 9.59 Å². The van der Waals surface area contributed by atoms with Crippen molar-refractivity contribution in [1.82, 2.24) is 5.01 Å². The van der Waals surface area contributed by atoms with Crippen molar-refractivity contribution in [3.05, 3.63) is 34.9 Å². The van der Waals surface area contributed by atoms with Crippen LogP contribution in [0.3, 0.4) is 0 Å². The van der Waals surface area contributed by atoms with Gasteiger partial charge in [-0.1, -0.05) is 23.8 Å². The summed E-state index contributed by atoms with van der Waals surface area (Å²) in [5.74, 6) is -1.80. The van der Waals surface area contributed by atoms with Crippen LogP contribution in [0.5, 0.6) is 11.5 Å². The van der Waals surface area contributed by atoms with Crippen molar-refractivity contribution in [3.63, 3.8) is 0 Å². The number of carboxylic acid groups (broad SMARTS) is 1. The number of aliphatic carboxylic acids is 1. The summed E-state index contributed by atoms with van der Waals surface area (Å²) in [5.41, 5.74) is 0.473. The summed E-state index contributed by atoms with van der Waals surface area (Å²) >= 11 is 6.22. The molecule has 5 atom stereocenters. The molecule has 0 unspecified atom stereocenters. The summed E-state index contributed by atoms with van der Waals surface area (Å²) in [4.78, 5) is 36.4. The van der Waals surface area contributed by atoms with Gasteiger partial charge in [-0.25, -0.2) is 4.79 Å². The third-order valence-electron chi connectivity index (χ3n) is 5.66. The van der Waals surface area contributed by atoms with Gasteiger partial charge in [-0.15, -0.1) is 0 Å². The summed E-state index contributed by atoms with van der Waals surface area (Å²) in [7, 11) is 1.39. The van der Waals surface area contributed by atoms with E-state index in [1.807, 2.05) is 12.2 Å². The Balaban J connectivity index is 1.56. The molecule has 1 saturated heterocycles. The van der Waals surface area contributed by atoms with E-state index in [1.54, 1.807) is 0 Å². The highest BCUT2D eigenvalue weighted by Crippen LogP contribution is 2.52. The van der Waals surface area contributed by atoms with Gasteiger partial charge in [-0.05, 0) is 42.9 Å². The van der Waals surface area contributed by atoms with Gasteiger partial charge in [0, 0.05) is 0 Å². The highest BCUT2D eigenvalue weighted by molar-refractivity contribution is 6.32. The molecule has 8 nitrogen and oxygen atoms in total. The quantitative estimate of drug-likeness (QED) is 0.432. The predicted octanol–water partition coefficient (Wildman–Crippen LogP) is 2.34. The number of carboxylic acids is 1. The van der Waals surface area contributed by atoms with E-state index in [2.05, 4.69) is 5.10 Å². The van der Waals surface area contributed by atoms with Gasteiger partial charge in [0.25, 0.3) is 11.8 Å². The maximum absolute atomic E-state index is 12.7. The van der Waals surface area contributed by atoms with Crippen molar-refractivity contribution in [3.8, 4) is 11.5 Å². The van der Waals surface area contributed by atoms with Gasteiger partial charge in [0.05, 0.1) is 30.2 Å². The number of amides is 2. The molecule has 1 heterocycles. The van der Waals surface area contributed by atoms with Gasteiger partial charge >= 0.3 is 5.97 Å². The van der Waals surface area contributed by atoms with Crippen LogP contribution in [0, 0.1) is 23.7 Å². The molecule has 152 valence electrons. The molecule has 1 aromatic rings. The molecule has 4 rings (SSSR count). The molecule has 1 N–H and O–H groups in total. The number of methoxy groups -OCH3 is 1. The third-order valence-corrected chi connectivity index (χ3v) is 5.94. The summed E-state index contributed by atoms with van der Waals surface area (Å²) < 4.78 is 10.6. The lowest BCUT2D eigenvalue weighted by Gasteiger charge is -2.16. The fraction of sp³-hybridized carbons (Fsp3) is 0.400. The molecule has 2 fully saturated rings. The van der Waals surface area contributed by atoms with E-state index in [0.29, 0.717) is 5.56 Å². The number of fused-ring (bicyclic) bond motifs is 5. The number of nitrogens with zero attached hydrogens (tertiary/aromatic N) is 2. The van der Waals surface area contributed by atoms with Gasteiger partial charge in [0.15, 0.2) is 17.6 Å². The molecule has 0 radical (unpaired) electrons. The summed E-state index contributed by atoms with van der Waals surface area (Å²) in [6.45, 7) is 1.37. The monoisotopic (exact) mass is 418 g/mol. The molecule has 3 aliphatic rings. The standard InChI is InChI=1S/C20H19ClN2O6/c1-9(20(26)27)29-17-13(21)5-10(6-14(17)28-2)8-22-23-18(24)15-11-3-4-12(7-11)16(15)19(23)25/h3-6,8-9,11-12,15-16H,7H2,1-2H3,(H,26,27)/t9-,11+,12+,15-,16+/m1/s1. The van der Waals surface area contributed by atoms with Gasteiger partial charge in [-0.2, -0.15) is 10.1 Å². The number of hydrogen-bond donors (Lipinski definition) is 1. The molecular weight excluding hydrogens is 400 g/mol. The van der Waals surface area contributed by atoms with Crippen molar-refractivity contribution in [2.45, 2.75) is 19.4 Å². The van der Waals surface area contributed by atoms with Crippen LogP contribution in [0.1, 0.15) is 18.9 Å². The largest absolute Gasteiger partial charge is 0.493 e. The molecule has 1 aliphatic heterocycles. The fourth-order valence-corrected chi connectivity index (χ4v) is 4.54. The van der Waals surface area contributed by atoms with Crippen LogP contribution in [-0.2, 0) is 14.4 Å². The Hall–Kier alpha value is -2.87. The average Bonchev–Trinajstić information content (AvgIpc) is 3.36. The zero-order chi connectivity index (χ0) is 20.9. The number of rotatable bonds is 6. The first kappa shape index (κ1) is 19.4. The molecule has 2 amide bonds. The molecule has 1 aromatic carbocycles. The average molecular weight is 419 g/mol. The first-order valence-corrected chi connectivity index (χ1v) is 9.56. The molecule has 2 aliphatic carbocycles. The highest BCUT2D eigenvalue weighted by Gasteiger charge is 2.59. The fourth-order valence-electron chi connectivity index (χ4n) is 4.28. The Kier molecular flexibility index (Phi) is 4.82. The molecule has 1 saturated carbocycles. The number of allylic oxidation sites excluding steroid dienone is 2. The Morgan fingerprint density at radius 3 is 2.45 bits per heavy atom. The minimum atomic E-state index is -1.14. The van der Waals surface area contributed by atoms with Crippen LogP contribution in [-0.4, -0.2) is 47.3 Å². The normalized spacial score (nSPS) is 28.3. The van der Waals surface area contributed by atoms with Crippen LogP contribution >= 0.6 is 11.6 Å². The SMILES string of the molecule is COc1cc(C=NN2C(=O)[C@@H]3[C@H](C2=O)[C@H]2C=C[C@H]3C2)cc(Cl)c1O[C@H](C)C(=O)O. The van der Waals surface area contributed by atoms with Crippen LogP contribution in [0.25, 0.3) is 0 Å². The molecular formula is C20H19ClN2O6. The second-order valence-electron chi connectivity index (χ2n) is 7.37. The first-order chi connectivity index (χ1) is 13.8. The molecule has 29 heavy (non-hydrogen) atoms. The topological polar surface area (TPSA) is 106 Å². The lowest BCUT2D eigenvalue weighted by Crippen LogP contribution is -2.28. The first-order valence-electron chi connectivity index (χ1n) is 9.19. The molecule has 9 heteroatoms. The second-order valence-corrected chi connectivity index (χ2v) is 7.77. The number of hydrazone groups is 1. The summed E-state index contributed by atoms with van der Waals surface area (Å²) in [6.07, 6.45) is 5.12. The number of benzene rings is 1. The number of ether oxygens (including phenoxy) is 2. The number of imide groups is 1. The number of halogens is 1. The van der Waals surface area contributed by atoms with Gasteiger partial charge < -0.3 is 14.6 Å². The van der Waals surface area contributed by atoms with Crippen LogP contribution in [0.2, 0.25) is 5.02 Å². The Bertz CT molecular complexity index is 929. The van der Waals surface area contributed by atoms with Crippen molar-refractivity contribution in [1.29, 1.82) is 0 Å². The lowest BCUT2D eigenvalue weighted by atomic mass is 9.85. The summed E-state index contributed by atoms with van der Waals surface area (Å²) in [6, 6.07) is 3.03. The smallest absolute Gasteiger partial charge is 0.344 e. The maximum Gasteiger partial charge on any atom is 0.344 e. The number of carbonyl (C=O) groups excluding carboxylic acids is 2. The van der Waals surface area contributed by atoms with Crippen LogP contribution in [0.4, 0.5) is 0 Å². The highest BCUT2D eigenvalue weighted by atomic mass is 35.5. The van der Waals surface area contributed by atoms with Gasteiger partial charge in [0.2, 0.25) is 0 Å². The van der Waals surface area contributed by atoms with Crippen LogP contribution in [0.15, 0.2) is 29.4 Å². The lowest BCUT2D eigenvalue weighted by molar-refractivity contribution is -0.144. The number of hydrogen-bond acceptors (Lipinski definition) is 6. The van der Waals surface area contributed by atoms with E-state index in [9.17, 15) is 14.4 Å². The van der Waals surface area contributed by atoms with E-state index in [0.717, 1.165) is 11.4 Å². The van der Waals surface area contributed by atoms with E-state index >= 15 is 0 Å². The Morgan fingerprint density at radius 2 is 1.90 bits per heavy atom. The number of carbonyl (C=O) groups is 3. The van der Waals surface area contributed by atoms with Crippen molar-refractivity contribution in [2.75, 3.05) is 7.11 Å². The minimum absolute atomic E-state index is 0.0896. The van der Waals surface area contributed by atoms with Crippen molar-refractivity contribution >= 4 is 35.6 Å². The van der Waals surface area contributed by atoms with Crippen molar-refractivity contribution in [2.24, 2.45) is 28.8 Å². The van der Waals surface area contributed by atoms with E-state index in [4.69, 9.17) is 26.2 Å².